The second kappa shape index (κ2) is 2.47. The van der Waals surface area contributed by atoms with Gasteiger partial charge in [0.1, 0.15) is 0 Å². The van der Waals surface area contributed by atoms with E-state index in [0.29, 0.717) is 0 Å². The highest BCUT2D eigenvalue weighted by Crippen LogP contribution is 2.13. The number of hydrogen-bond acceptors (Lipinski definition) is 4. The molecule has 3 N–H and O–H groups in total. The zero-order valence-corrected chi connectivity index (χ0v) is 6.29. The first-order chi connectivity index (χ1) is 6.16. The van der Waals surface area contributed by atoms with Gasteiger partial charge in [-0.2, -0.15) is 5.16 Å². The molecule has 0 radical (unpaired) electrons. The van der Waals surface area contributed by atoms with Crippen molar-refractivity contribution in [2.24, 2.45) is 0 Å². The van der Waals surface area contributed by atoms with Crippen molar-refractivity contribution < 1.29 is 14.1 Å². The molecular formula is C6H5N3O4. The predicted octanol–water partition coefficient (Wildman–Crippen LogP) is -1.15. The summed E-state index contributed by atoms with van der Waals surface area (Å²) < 4.78 is 4.65. The lowest BCUT2D eigenvalue weighted by atomic mass is 10.2. The van der Waals surface area contributed by atoms with Crippen LogP contribution < -0.4 is 16.2 Å². The lowest BCUT2D eigenvalue weighted by Crippen LogP contribution is -2.22. The Morgan fingerprint density at radius 3 is 2.54 bits per heavy atom. The number of carbonyl (C=O) groups excluding carboxylic acids is 2. The van der Waals surface area contributed by atoms with Crippen LogP contribution in [0.3, 0.4) is 0 Å². The summed E-state index contributed by atoms with van der Waals surface area (Å²) in [5, 5.41) is 6.31. The van der Waals surface area contributed by atoms with Gasteiger partial charge in [0.2, 0.25) is 0 Å². The molecule has 1 aromatic rings. The van der Waals surface area contributed by atoms with E-state index >= 15 is 0 Å². The molecule has 7 nitrogen and oxygen atoms in total. The first kappa shape index (κ1) is 7.59. The molecule has 1 aromatic heterocycles. The number of aromatic nitrogens is 1. The summed E-state index contributed by atoms with van der Waals surface area (Å²) in [6, 6.07) is -0.402. The smallest absolute Gasteiger partial charge is 0.322 e. The minimum atomic E-state index is -0.911. The minimum absolute atomic E-state index is 0.0911. The van der Waals surface area contributed by atoms with E-state index in [2.05, 4.69) is 9.84 Å². The molecule has 1 atom stereocenters. The second-order valence-corrected chi connectivity index (χ2v) is 2.51. The Morgan fingerprint density at radius 2 is 2.08 bits per heavy atom. The van der Waals surface area contributed by atoms with Crippen LogP contribution >= 0.6 is 0 Å². The van der Waals surface area contributed by atoms with Crippen molar-refractivity contribution in [1.29, 1.82) is 0 Å². The van der Waals surface area contributed by atoms with Gasteiger partial charge in [0.15, 0.2) is 11.8 Å². The Kier molecular flexibility index (Phi) is 1.44. The Morgan fingerprint density at radius 1 is 1.31 bits per heavy atom. The van der Waals surface area contributed by atoms with Gasteiger partial charge in [-0.05, 0) is 0 Å². The molecule has 0 aromatic carbocycles. The largest absolute Gasteiger partial charge is 0.381 e. The lowest BCUT2D eigenvalue weighted by Gasteiger charge is -1.99. The molecule has 13 heavy (non-hydrogen) atoms. The number of hydrogen-bond donors (Lipinski definition) is 3. The fraction of sp³-hybridized carbons (Fsp3) is 0.167. The van der Waals surface area contributed by atoms with Gasteiger partial charge in [0.25, 0.3) is 11.5 Å². The maximum Gasteiger partial charge on any atom is 0.322 e. The monoisotopic (exact) mass is 183 g/mol. The molecule has 1 aliphatic heterocycles. The highest BCUT2D eigenvalue weighted by molar-refractivity contribution is 6.04. The molecule has 1 saturated heterocycles. The maximum absolute atomic E-state index is 11.0. The van der Waals surface area contributed by atoms with E-state index in [0.717, 1.165) is 6.07 Å². The van der Waals surface area contributed by atoms with E-state index in [9.17, 15) is 14.4 Å². The summed E-state index contributed by atoms with van der Waals surface area (Å²) in [7, 11) is 0. The zero-order chi connectivity index (χ0) is 9.42. The number of imide groups is 1. The summed E-state index contributed by atoms with van der Waals surface area (Å²) in [6.45, 7) is 0. The molecule has 1 fully saturated rings. The molecule has 2 rings (SSSR count). The Balaban J connectivity index is 2.32. The SMILES string of the molecule is O=C1NC(=O)C(c2cc(=O)[nH]o2)N1. The molecule has 3 amide bonds. The van der Waals surface area contributed by atoms with E-state index < -0.39 is 23.5 Å². The third-order valence-corrected chi connectivity index (χ3v) is 1.60. The van der Waals surface area contributed by atoms with Crippen molar-refractivity contribution in [3.8, 4) is 0 Å². The van der Waals surface area contributed by atoms with Crippen LogP contribution in [0.1, 0.15) is 11.8 Å². The normalized spacial score (nSPS) is 21.4. The summed E-state index contributed by atoms with van der Waals surface area (Å²) in [5.74, 6) is -0.443. The number of urea groups is 1. The van der Waals surface area contributed by atoms with Crippen LogP contribution in [0.5, 0.6) is 0 Å². The van der Waals surface area contributed by atoms with Crippen molar-refractivity contribution in [2.75, 3.05) is 0 Å². The molecule has 2 heterocycles. The Hall–Kier alpha value is -2.05. The van der Waals surface area contributed by atoms with Gasteiger partial charge in [0.05, 0.1) is 0 Å². The van der Waals surface area contributed by atoms with Gasteiger partial charge < -0.3 is 9.84 Å². The molecule has 0 spiro atoms. The highest BCUT2D eigenvalue weighted by atomic mass is 16.5. The zero-order valence-electron chi connectivity index (χ0n) is 6.29. The standard InChI is InChI=1S/C6H5N3O4/c10-3-1-2(13-9-3)4-5(11)8-6(12)7-4/h1,4H,(H,9,10)(H2,7,8,11,12). The van der Waals surface area contributed by atoms with Crippen LogP contribution in [0, 0.1) is 0 Å². The lowest BCUT2D eigenvalue weighted by molar-refractivity contribution is -0.120. The highest BCUT2D eigenvalue weighted by Gasteiger charge is 2.33. The molecule has 0 bridgehead atoms. The van der Waals surface area contributed by atoms with Crippen molar-refractivity contribution in [3.63, 3.8) is 0 Å². The number of H-pyrrole nitrogens is 1. The van der Waals surface area contributed by atoms with Crippen LogP contribution in [-0.2, 0) is 4.79 Å². The third kappa shape index (κ3) is 1.19. The van der Waals surface area contributed by atoms with Gasteiger partial charge in [-0.1, -0.05) is 0 Å². The van der Waals surface area contributed by atoms with Crippen molar-refractivity contribution >= 4 is 11.9 Å². The maximum atomic E-state index is 11.0. The molecule has 0 aliphatic carbocycles. The van der Waals surface area contributed by atoms with Crippen LogP contribution in [0.25, 0.3) is 0 Å². The molecular weight excluding hydrogens is 178 g/mol. The van der Waals surface area contributed by atoms with Gasteiger partial charge >= 0.3 is 6.03 Å². The average molecular weight is 183 g/mol. The summed E-state index contributed by atoms with van der Waals surface area (Å²) in [5.41, 5.74) is -0.455. The van der Waals surface area contributed by atoms with Crippen LogP contribution in [0.4, 0.5) is 4.79 Å². The van der Waals surface area contributed by atoms with Crippen LogP contribution in [0.15, 0.2) is 15.4 Å². The van der Waals surface area contributed by atoms with Gasteiger partial charge in [0, 0.05) is 6.07 Å². The fourth-order valence-corrected chi connectivity index (χ4v) is 1.06. The van der Waals surface area contributed by atoms with E-state index in [-0.39, 0.29) is 5.76 Å². The number of carbonyl (C=O) groups is 2. The molecule has 1 aliphatic rings. The predicted molar refractivity (Wildman–Crippen MR) is 38.7 cm³/mol. The van der Waals surface area contributed by atoms with E-state index in [1.54, 1.807) is 0 Å². The first-order valence-corrected chi connectivity index (χ1v) is 3.46. The number of rotatable bonds is 1. The molecule has 1 unspecified atom stereocenters. The summed E-state index contributed by atoms with van der Waals surface area (Å²) >= 11 is 0. The number of amides is 3. The van der Waals surface area contributed by atoms with E-state index in [1.807, 2.05) is 10.5 Å². The number of nitrogens with one attached hydrogen (secondary N) is 3. The van der Waals surface area contributed by atoms with Gasteiger partial charge in [-0.15, -0.1) is 0 Å². The van der Waals surface area contributed by atoms with Crippen molar-refractivity contribution in [2.45, 2.75) is 6.04 Å². The van der Waals surface area contributed by atoms with Crippen LogP contribution in [0.2, 0.25) is 0 Å². The minimum Gasteiger partial charge on any atom is -0.381 e. The van der Waals surface area contributed by atoms with Crippen molar-refractivity contribution in [1.82, 2.24) is 15.8 Å². The summed E-state index contributed by atoms with van der Waals surface area (Å²) in [4.78, 5) is 32.3. The number of aromatic amines is 1. The van der Waals surface area contributed by atoms with Crippen molar-refractivity contribution in [3.05, 3.63) is 22.2 Å². The average Bonchev–Trinajstić information content (AvgIpc) is 2.58. The van der Waals surface area contributed by atoms with E-state index in [4.69, 9.17) is 0 Å². The molecule has 0 saturated carbocycles. The van der Waals surface area contributed by atoms with Crippen LogP contribution in [-0.4, -0.2) is 17.1 Å². The fourth-order valence-electron chi connectivity index (χ4n) is 1.06. The first-order valence-electron chi connectivity index (χ1n) is 3.46. The quantitative estimate of drug-likeness (QED) is 0.478. The molecule has 7 heteroatoms. The third-order valence-electron chi connectivity index (χ3n) is 1.60. The van der Waals surface area contributed by atoms with Gasteiger partial charge in [-0.25, -0.2) is 4.79 Å². The molecule has 68 valence electrons. The Bertz CT molecular complexity index is 418. The summed E-state index contributed by atoms with van der Waals surface area (Å²) in [6.07, 6.45) is 0. The Labute approximate surface area is 71.1 Å². The second-order valence-electron chi connectivity index (χ2n) is 2.51. The van der Waals surface area contributed by atoms with E-state index in [1.165, 1.54) is 0 Å². The van der Waals surface area contributed by atoms with Gasteiger partial charge in [-0.3, -0.25) is 14.9 Å². The topological polar surface area (TPSA) is 104 Å².